The van der Waals surface area contributed by atoms with Crippen molar-refractivity contribution in [3.05, 3.63) is 74.3 Å². The molecule has 1 heterocycles. The molecule has 2 aromatic carbocycles. The number of halogens is 1. The molecule has 0 radical (unpaired) electrons. The quantitative estimate of drug-likeness (QED) is 0.504. The zero-order valence-corrected chi connectivity index (χ0v) is 14.9. The number of nitro benzene ring substituents is 1. The van der Waals surface area contributed by atoms with Gasteiger partial charge in [-0.05, 0) is 37.1 Å². The second-order valence-electron chi connectivity index (χ2n) is 6.27. The van der Waals surface area contributed by atoms with E-state index in [4.69, 9.17) is 11.6 Å². The van der Waals surface area contributed by atoms with Crippen LogP contribution in [-0.4, -0.2) is 21.8 Å². The average Bonchev–Trinajstić information content (AvgIpc) is 2.81. The fourth-order valence-corrected chi connectivity index (χ4v) is 3.15. The van der Waals surface area contributed by atoms with Crippen LogP contribution in [0.2, 0.25) is 5.02 Å². The van der Waals surface area contributed by atoms with E-state index >= 15 is 0 Å². The summed E-state index contributed by atoms with van der Waals surface area (Å²) in [6.07, 6.45) is 0. The lowest BCUT2D eigenvalue weighted by molar-refractivity contribution is -0.385. The first-order valence-electron chi connectivity index (χ1n) is 7.87. The fraction of sp³-hybridized carbons (Fsp3) is 0.222. The molecule has 0 aliphatic carbocycles. The van der Waals surface area contributed by atoms with Crippen molar-refractivity contribution < 1.29 is 14.5 Å². The van der Waals surface area contributed by atoms with Gasteiger partial charge in [0, 0.05) is 16.7 Å². The number of amides is 3. The van der Waals surface area contributed by atoms with Crippen molar-refractivity contribution in [2.24, 2.45) is 0 Å². The fourth-order valence-electron chi connectivity index (χ4n) is 3.03. The van der Waals surface area contributed by atoms with Gasteiger partial charge in [0.2, 0.25) is 0 Å². The molecule has 1 N–H and O–H groups in total. The van der Waals surface area contributed by atoms with Crippen LogP contribution < -0.4 is 5.32 Å². The topological polar surface area (TPSA) is 92.6 Å². The molecule has 134 valence electrons. The van der Waals surface area contributed by atoms with E-state index in [0.717, 1.165) is 4.90 Å². The molecule has 3 amide bonds. The SMILES string of the molecule is Cc1c(CN2C(=O)NC(C)(c3ccc(Cl)cc3)C2=O)cccc1[N+](=O)[O-]. The summed E-state index contributed by atoms with van der Waals surface area (Å²) in [5.74, 6) is -0.421. The Labute approximate surface area is 154 Å². The Hall–Kier alpha value is -2.93. The van der Waals surface area contributed by atoms with Crippen LogP contribution in [0.4, 0.5) is 10.5 Å². The predicted molar refractivity (Wildman–Crippen MR) is 95.7 cm³/mol. The Balaban J connectivity index is 1.92. The molecule has 0 saturated carbocycles. The monoisotopic (exact) mass is 373 g/mol. The lowest BCUT2D eigenvalue weighted by atomic mass is 9.92. The van der Waals surface area contributed by atoms with Crippen LogP contribution in [0.3, 0.4) is 0 Å². The number of nitrogens with zero attached hydrogens (tertiary/aromatic N) is 2. The number of nitro groups is 1. The zero-order chi connectivity index (χ0) is 19.1. The van der Waals surface area contributed by atoms with E-state index < -0.39 is 22.4 Å². The molecule has 2 aromatic rings. The summed E-state index contributed by atoms with van der Waals surface area (Å²) in [4.78, 5) is 37.0. The Morgan fingerprint density at radius 1 is 1.19 bits per heavy atom. The van der Waals surface area contributed by atoms with Gasteiger partial charge in [-0.25, -0.2) is 4.79 Å². The van der Waals surface area contributed by atoms with Crippen LogP contribution >= 0.6 is 11.6 Å². The van der Waals surface area contributed by atoms with Gasteiger partial charge in [0.25, 0.3) is 11.6 Å². The molecule has 1 saturated heterocycles. The molecule has 7 nitrogen and oxygen atoms in total. The third-order valence-corrected chi connectivity index (χ3v) is 4.89. The minimum atomic E-state index is -1.21. The number of imide groups is 1. The predicted octanol–water partition coefficient (Wildman–Crippen LogP) is 3.52. The van der Waals surface area contributed by atoms with Crippen LogP contribution in [0.15, 0.2) is 42.5 Å². The highest BCUT2D eigenvalue weighted by atomic mass is 35.5. The van der Waals surface area contributed by atoms with Crippen molar-refractivity contribution in [3.8, 4) is 0 Å². The first-order valence-corrected chi connectivity index (χ1v) is 8.25. The van der Waals surface area contributed by atoms with Gasteiger partial charge in [-0.1, -0.05) is 35.9 Å². The first kappa shape index (κ1) is 17.9. The van der Waals surface area contributed by atoms with Gasteiger partial charge in [-0.15, -0.1) is 0 Å². The van der Waals surface area contributed by atoms with Gasteiger partial charge in [0.05, 0.1) is 11.5 Å². The summed E-state index contributed by atoms with van der Waals surface area (Å²) in [5, 5.41) is 14.3. The number of carbonyl (C=O) groups is 2. The summed E-state index contributed by atoms with van der Waals surface area (Å²) in [6, 6.07) is 10.7. The molecule has 1 aliphatic heterocycles. The minimum absolute atomic E-state index is 0.0403. The number of hydrogen-bond acceptors (Lipinski definition) is 4. The van der Waals surface area contributed by atoms with Crippen LogP contribution in [0.5, 0.6) is 0 Å². The molecule has 26 heavy (non-hydrogen) atoms. The molecule has 1 fully saturated rings. The van der Waals surface area contributed by atoms with E-state index in [9.17, 15) is 19.7 Å². The van der Waals surface area contributed by atoms with Gasteiger partial charge in [0.15, 0.2) is 0 Å². The highest BCUT2D eigenvalue weighted by Gasteiger charge is 2.49. The molecule has 0 aromatic heterocycles. The summed E-state index contributed by atoms with van der Waals surface area (Å²) >= 11 is 5.88. The van der Waals surface area contributed by atoms with Crippen molar-refractivity contribution in [1.29, 1.82) is 0 Å². The molecule has 0 spiro atoms. The first-order chi connectivity index (χ1) is 12.2. The van der Waals surface area contributed by atoms with E-state index in [1.54, 1.807) is 44.2 Å². The minimum Gasteiger partial charge on any atom is -0.319 e. The van der Waals surface area contributed by atoms with Crippen LogP contribution in [0.25, 0.3) is 0 Å². The highest BCUT2D eigenvalue weighted by Crippen LogP contribution is 2.31. The van der Waals surface area contributed by atoms with E-state index in [1.165, 1.54) is 12.1 Å². The van der Waals surface area contributed by atoms with Gasteiger partial charge in [-0.2, -0.15) is 0 Å². The largest absolute Gasteiger partial charge is 0.325 e. The highest BCUT2D eigenvalue weighted by molar-refractivity contribution is 6.30. The summed E-state index contributed by atoms with van der Waals surface area (Å²) in [6.45, 7) is 3.18. The molecule has 8 heteroatoms. The van der Waals surface area contributed by atoms with E-state index in [2.05, 4.69) is 5.32 Å². The normalized spacial score (nSPS) is 19.6. The smallest absolute Gasteiger partial charge is 0.319 e. The number of benzene rings is 2. The summed E-state index contributed by atoms with van der Waals surface area (Å²) in [7, 11) is 0. The maximum absolute atomic E-state index is 12.9. The van der Waals surface area contributed by atoms with Gasteiger partial charge in [-0.3, -0.25) is 19.8 Å². The van der Waals surface area contributed by atoms with Crippen molar-refractivity contribution >= 4 is 29.2 Å². The number of urea groups is 1. The van der Waals surface area contributed by atoms with Gasteiger partial charge in [0.1, 0.15) is 5.54 Å². The second-order valence-corrected chi connectivity index (χ2v) is 6.71. The Kier molecular flexibility index (Phi) is 4.41. The van der Waals surface area contributed by atoms with Crippen LogP contribution in [0, 0.1) is 17.0 Å². The van der Waals surface area contributed by atoms with Crippen molar-refractivity contribution in [2.75, 3.05) is 0 Å². The summed E-state index contributed by atoms with van der Waals surface area (Å²) < 4.78 is 0. The third-order valence-electron chi connectivity index (χ3n) is 4.64. The number of rotatable bonds is 4. The Morgan fingerprint density at radius 3 is 2.46 bits per heavy atom. The maximum Gasteiger partial charge on any atom is 0.325 e. The molecule has 1 atom stereocenters. The molecule has 1 aliphatic rings. The van der Waals surface area contributed by atoms with Gasteiger partial charge < -0.3 is 5.32 Å². The Morgan fingerprint density at radius 2 is 1.85 bits per heavy atom. The standard InChI is InChI=1S/C18H16ClN3O4/c1-11-12(4-3-5-15(11)22(25)26)10-21-16(23)18(2,20-17(21)24)13-6-8-14(19)9-7-13/h3-9H,10H2,1-2H3,(H,20,24). The summed E-state index contributed by atoms with van der Waals surface area (Å²) in [5.41, 5.74) is 0.325. The van der Waals surface area contributed by atoms with E-state index in [-0.39, 0.29) is 12.2 Å². The van der Waals surface area contributed by atoms with Crippen LogP contribution in [-0.2, 0) is 16.9 Å². The number of hydrogen-bond donors (Lipinski definition) is 1. The van der Waals surface area contributed by atoms with Crippen molar-refractivity contribution in [3.63, 3.8) is 0 Å². The molecule has 1 unspecified atom stereocenters. The molecular weight excluding hydrogens is 358 g/mol. The van der Waals surface area contributed by atoms with Crippen molar-refractivity contribution in [1.82, 2.24) is 10.2 Å². The Bertz CT molecular complexity index is 913. The van der Waals surface area contributed by atoms with E-state index in [1.807, 2.05) is 0 Å². The lowest BCUT2D eigenvalue weighted by Gasteiger charge is -2.22. The zero-order valence-electron chi connectivity index (χ0n) is 14.2. The number of nitrogens with one attached hydrogen (secondary N) is 1. The van der Waals surface area contributed by atoms with Crippen LogP contribution in [0.1, 0.15) is 23.6 Å². The van der Waals surface area contributed by atoms with Crippen molar-refractivity contribution in [2.45, 2.75) is 25.9 Å². The number of carbonyl (C=O) groups excluding carboxylic acids is 2. The second kappa shape index (κ2) is 6.42. The molecular formula is C18H16ClN3O4. The molecule has 0 bridgehead atoms. The average molecular weight is 374 g/mol. The van der Waals surface area contributed by atoms with Gasteiger partial charge >= 0.3 is 6.03 Å². The maximum atomic E-state index is 12.9. The van der Waals surface area contributed by atoms with E-state index in [0.29, 0.717) is 21.7 Å². The lowest BCUT2D eigenvalue weighted by Crippen LogP contribution is -2.40. The molecule has 3 rings (SSSR count). The third kappa shape index (κ3) is 2.90.